The lowest BCUT2D eigenvalue weighted by atomic mass is 10.8. The van der Waals surface area contributed by atoms with Crippen molar-refractivity contribution in [2.45, 2.75) is 0 Å². The van der Waals surface area contributed by atoms with Crippen molar-refractivity contribution in [3.05, 3.63) is 0 Å². The minimum atomic E-state index is 0. The largest absolute Gasteiger partial charge is 0.333 e. The van der Waals surface area contributed by atoms with E-state index in [1.807, 2.05) is 0 Å². The smallest absolute Gasteiger partial charge is 0.0675 e. The Morgan fingerprint density at radius 1 is 0.714 bits per heavy atom. The molecule has 0 radical (unpaired) electrons. The van der Waals surface area contributed by atoms with Gasteiger partial charge in [-0.1, -0.05) is 0 Å². The quantitative estimate of drug-likeness (QED) is 0.433. The van der Waals surface area contributed by atoms with E-state index >= 15 is 0 Å². The molecule has 0 aliphatic rings. The van der Waals surface area contributed by atoms with Crippen molar-refractivity contribution < 1.29 is 4.48 Å². The van der Waals surface area contributed by atoms with Gasteiger partial charge in [-0.25, -0.2) is 0 Å². The van der Waals surface area contributed by atoms with Gasteiger partial charge in [-0.3, -0.25) is 0 Å². The van der Waals surface area contributed by atoms with Gasteiger partial charge in [0.05, 0.1) is 28.2 Å². The van der Waals surface area contributed by atoms with Gasteiger partial charge >= 0.3 is 0 Å². The van der Waals surface area contributed by atoms with Crippen LogP contribution >= 0.6 is 27.0 Å². The molecule has 0 aliphatic heterocycles. The van der Waals surface area contributed by atoms with Crippen LogP contribution in [0.3, 0.4) is 0 Å². The first-order valence-corrected chi connectivity index (χ1v) is 1.79. The Morgan fingerprint density at radius 2 is 0.714 bits per heavy atom. The van der Waals surface area contributed by atoms with Crippen LogP contribution in [-0.2, 0) is 0 Å². The summed E-state index contributed by atoms with van der Waals surface area (Å²) in [6.07, 6.45) is 0. The lowest BCUT2D eigenvalue weighted by molar-refractivity contribution is -0.849. The van der Waals surface area contributed by atoms with E-state index < -0.39 is 0 Å². The molecule has 0 rings (SSSR count). The molecule has 0 bridgehead atoms. The molecule has 0 saturated carbocycles. The Hall–Kier alpha value is 0.660. The van der Waals surface area contributed by atoms with E-state index in [0.717, 1.165) is 4.48 Å². The summed E-state index contributed by atoms with van der Waals surface area (Å²) in [4.78, 5) is 0. The van der Waals surface area contributed by atoms with Crippen LogP contribution in [0.1, 0.15) is 0 Å². The summed E-state index contributed by atoms with van der Waals surface area (Å²) in [6, 6.07) is 0. The molecule has 0 aromatic heterocycles. The number of quaternary nitrogens is 1. The monoisotopic (exact) mass is 142 g/mol. The van der Waals surface area contributed by atoms with Gasteiger partial charge in [0.25, 0.3) is 0 Å². The van der Waals surface area contributed by atoms with Gasteiger partial charge in [0.1, 0.15) is 0 Å². The molecule has 0 amide bonds. The zero-order chi connectivity index (χ0) is 4.50. The average Bonchev–Trinajstić information content (AvgIpc) is 0.722. The van der Waals surface area contributed by atoms with Gasteiger partial charge in [0.15, 0.2) is 0 Å². The van der Waals surface area contributed by atoms with Crippen LogP contribution in [0.5, 0.6) is 0 Å². The second-order valence-corrected chi connectivity index (χ2v) is 2.68. The van der Waals surface area contributed by atoms with E-state index in [9.17, 15) is 0 Å². The molecular weight excluding hydrogens is 126 g/mol. The molecule has 0 aromatic rings. The van der Waals surface area contributed by atoms with Crippen molar-refractivity contribution in [2.24, 2.45) is 0 Å². The molecular formula is C4H16NS2+. The molecule has 0 saturated heterocycles. The van der Waals surface area contributed by atoms with E-state index in [2.05, 4.69) is 28.2 Å². The fourth-order valence-corrected chi connectivity index (χ4v) is 0. The summed E-state index contributed by atoms with van der Waals surface area (Å²) in [5.41, 5.74) is 0. The van der Waals surface area contributed by atoms with Crippen molar-refractivity contribution >= 4 is 27.0 Å². The highest BCUT2D eigenvalue weighted by Gasteiger charge is 1.88. The first-order valence-electron chi connectivity index (χ1n) is 1.79. The van der Waals surface area contributed by atoms with Crippen molar-refractivity contribution in [1.29, 1.82) is 0 Å². The van der Waals surface area contributed by atoms with Gasteiger partial charge in [0, 0.05) is 0 Å². The highest BCUT2D eigenvalue weighted by Crippen LogP contribution is 1.73. The third kappa shape index (κ3) is 332. The molecule has 0 heterocycles. The van der Waals surface area contributed by atoms with Gasteiger partial charge < -0.3 is 4.48 Å². The highest BCUT2D eigenvalue weighted by molar-refractivity contribution is 7.59. The summed E-state index contributed by atoms with van der Waals surface area (Å²) >= 11 is 0. The third-order valence-electron chi connectivity index (χ3n) is 0. The number of rotatable bonds is 0. The maximum absolute atomic E-state index is 2.12. The Labute approximate surface area is 60.2 Å². The second kappa shape index (κ2) is 4.81. The van der Waals surface area contributed by atoms with Crippen LogP contribution in [0.4, 0.5) is 0 Å². The van der Waals surface area contributed by atoms with Crippen LogP contribution in [-0.4, -0.2) is 32.7 Å². The lowest BCUT2D eigenvalue weighted by Crippen LogP contribution is -2.27. The first kappa shape index (κ1) is 15.6. The predicted molar refractivity (Wildman–Crippen MR) is 44.7 cm³/mol. The van der Waals surface area contributed by atoms with E-state index in [4.69, 9.17) is 0 Å². The van der Waals surface area contributed by atoms with E-state index in [0.29, 0.717) is 0 Å². The standard InChI is InChI=1S/C4H12N.2H2S/c1-5(2,3)4;;/h1-4H3;2*1H2/q+1;;. The third-order valence-corrected chi connectivity index (χ3v) is 0. The van der Waals surface area contributed by atoms with Crippen LogP contribution in [0.15, 0.2) is 0 Å². The zero-order valence-electron chi connectivity index (χ0n) is 5.45. The summed E-state index contributed by atoms with van der Waals surface area (Å²) in [5.74, 6) is 0. The molecule has 0 N–H and O–H groups in total. The van der Waals surface area contributed by atoms with Crippen molar-refractivity contribution in [2.75, 3.05) is 28.2 Å². The Balaban J connectivity index is -0.0000000800. The SMILES string of the molecule is C[N+](C)(C)C.S.S. The summed E-state index contributed by atoms with van der Waals surface area (Å²) in [7, 11) is 8.50. The van der Waals surface area contributed by atoms with Crippen LogP contribution < -0.4 is 0 Å². The van der Waals surface area contributed by atoms with Gasteiger partial charge in [-0.15, -0.1) is 0 Å². The summed E-state index contributed by atoms with van der Waals surface area (Å²) < 4.78 is 1.00. The number of hydrogen-bond acceptors (Lipinski definition) is 0. The maximum atomic E-state index is 2.12. The van der Waals surface area contributed by atoms with Crippen LogP contribution in [0.25, 0.3) is 0 Å². The highest BCUT2D eigenvalue weighted by atomic mass is 32.1. The second-order valence-electron chi connectivity index (χ2n) is 2.68. The van der Waals surface area contributed by atoms with E-state index in [-0.39, 0.29) is 27.0 Å². The summed E-state index contributed by atoms with van der Waals surface area (Å²) in [5, 5.41) is 0. The maximum Gasteiger partial charge on any atom is 0.0675 e. The average molecular weight is 142 g/mol. The molecule has 0 fully saturated rings. The molecule has 0 atom stereocenters. The van der Waals surface area contributed by atoms with E-state index in [1.165, 1.54) is 0 Å². The fraction of sp³-hybridized carbons (Fsp3) is 1.00. The molecule has 48 valence electrons. The molecule has 0 aromatic carbocycles. The molecule has 1 nitrogen and oxygen atoms in total. The molecule has 0 unspecified atom stereocenters. The lowest BCUT2D eigenvalue weighted by Gasteiger charge is -2.14. The Bertz CT molecular complexity index is 25.2. The first-order chi connectivity index (χ1) is 2.00. The van der Waals surface area contributed by atoms with Crippen LogP contribution in [0.2, 0.25) is 0 Å². The van der Waals surface area contributed by atoms with Gasteiger partial charge in [-0.2, -0.15) is 27.0 Å². The normalized spacial score (nSPS) is 8.57. The zero-order valence-corrected chi connectivity index (χ0v) is 7.45. The van der Waals surface area contributed by atoms with Crippen LogP contribution in [0, 0.1) is 0 Å². The number of nitrogens with zero attached hydrogens (tertiary/aromatic N) is 1. The fourth-order valence-electron chi connectivity index (χ4n) is 0. The van der Waals surface area contributed by atoms with Crippen molar-refractivity contribution in [3.63, 3.8) is 0 Å². The predicted octanol–water partition coefficient (Wildman–Crippen LogP) is 0.548. The molecule has 7 heavy (non-hydrogen) atoms. The minimum Gasteiger partial charge on any atom is -0.333 e. The number of hydrogen-bond donors (Lipinski definition) is 0. The van der Waals surface area contributed by atoms with Crippen molar-refractivity contribution in [3.8, 4) is 0 Å². The molecule has 0 aliphatic carbocycles. The molecule has 3 heteroatoms. The Morgan fingerprint density at radius 3 is 0.714 bits per heavy atom. The Kier molecular flexibility index (Phi) is 10.8. The topological polar surface area (TPSA) is 0 Å². The molecule has 0 spiro atoms. The summed E-state index contributed by atoms with van der Waals surface area (Å²) in [6.45, 7) is 0. The van der Waals surface area contributed by atoms with E-state index in [1.54, 1.807) is 0 Å². The minimum absolute atomic E-state index is 0. The van der Waals surface area contributed by atoms with Gasteiger partial charge in [-0.05, 0) is 0 Å². The van der Waals surface area contributed by atoms with Crippen molar-refractivity contribution in [1.82, 2.24) is 0 Å². The van der Waals surface area contributed by atoms with Gasteiger partial charge in [0.2, 0.25) is 0 Å².